The van der Waals surface area contributed by atoms with E-state index in [1.807, 2.05) is 0 Å². The van der Waals surface area contributed by atoms with Gasteiger partial charge in [0.2, 0.25) is 5.89 Å². The fourth-order valence-electron chi connectivity index (χ4n) is 2.44. The number of aryl methyl sites for hydroxylation is 1. The lowest BCUT2D eigenvalue weighted by atomic mass is 10.1. The number of rotatable bonds is 5. The largest absolute Gasteiger partial charge is 0.393 e. The van der Waals surface area contributed by atoms with Crippen LogP contribution in [0.1, 0.15) is 23.4 Å². The standard InChI is InChI=1S/C16H16ClN5O4/c1-21-7-11(18)15(24)22(16(21)25)8-14-19-13(20-26-14)6-12(23)9-2-4-10(17)5-3-9/h2-5,7,12,23H,6,8,18H2,1H3/t12-/m0/s1. The Balaban J connectivity index is 1.78. The normalized spacial score (nSPS) is 12.3. The SMILES string of the molecule is Cn1cc(N)c(=O)n(Cc2nc(C[C@H](O)c3ccc(Cl)cc3)no2)c1=O. The topological polar surface area (TPSA) is 129 Å². The molecule has 3 aromatic rings. The number of nitrogen functional groups attached to an aromatic ring is 1. The Hall–Kier alpha value is -2.91. The molecule has 1 atom stereocenters. The predicted octanol–water partition coefficient (Wildman–Crippen LogP) is 0.490. The average Bonchev–Trinajstić information content (AvgIpc) is 3.04. The molecular weight excluding hydrogens is 362 g/mol. The van der Waals surface area contributed by atoms with Gasteiger partial charge >= 0.3 is 5.69 Å². The summed E-state index contributed by atoms with van der Waals surface area (Å²) in [7, 11) is 1.48. The molecule has 2 aromatic heterocycles. The van der Waals surface area contributed by atoms with Crippen LogP contribution in [-0.4, -0.2) is 24.4 Å². The molecule has 3 N–H and O–H groups in total. The van der Waals surface area contributed by atoms with Crippen molar-refractivity contribution >= 4 is 17.3 Å². The van der Waals surface area contributed by atoms with Crippen molar-refractivity contribution in [2.45, 2.75) is 19.1 Å². The summed E-state index contributed by atoms with van der Waals surface area (Å²) < 4.78 is 7.17. The minimum atomic E-state index is -0.847. The number of hydrogen-bond acceptors (Lipinski definition) is 7. The number of halogens is 1. The first-order valence-corrected chi connectivity index (χ1v) is 8.04. The highest BCUT2D eigenvalue weighted by atomic mass is 35.5. The fourth-order valence-corrected chi connectivity index (χ4v) is 2.57. The molecule has 0 radical (unpaired) electrons. The summed E-state index contributed by atoms with van der Waals surface area (Å²) in [5.74, 6) is 0.310. The van der Waals surface area contributed by atoms with E-state index >= 15 is 0 Å². The van der Waals surface area contributed by atoms with Gasteiger partial charge in [-0.1, -0.05) is 28.9 Å². The lowest BCUT2D eigenvalue weighted by Crippen LogP contribution is -2.40. The third-order valence-electron chi connectivity index (χ3n) is 3.79. The van der Waals surface area contributed by atoms with Gasteiger partial charge in [-0.15, -0.1) is 0 Å². The van der Waals surface area contributed by atoms with E-state index in [0.29, 0.717) is 10.6 Å². The van der Waals surface area contributed by atoms with Gasteiger partial charge in [0, 0.05) is 24.7 Å². The molecule has 0 aliphatic carbocycles. The first-order valence-electron chi connectivity index (χ1n) is 7.66. The van der Waals surface area contributed by atoms with E-state index in [0.717, 1.165) is 4.57 Å². The van der Waals surface area contributed by atoms with Crippen molar-refractivity contribution in [2.24, 2.45) is 7.05 Å². The van der Waals surface area contributed by atoms with Gasteiger partial charge in [-0.2, -0.15) is 4.98 Å². The molecule has 0 saturated carbocycles. The highest BCUT2D eigenvalue weighted by Crippen LogP contribution is 2.19. The Bertz CT molecular complexity index is 1000. The molecular formula is C16H16ClN5O4. The summed E-state index contributed by atoms with van der Waals surface area (Å²) in [5, 5.41) is 14.6. The van der Waals surface area contributed by atoms with Crippen molar-refractivity contribution in [2.75, 3.05) is 5.73 Å². The molecule has 0 amide bonds. The third kappa shape index (κ3) is 3.68. The number of aliphatic hydroxyl groups is 1. The van der Waals surface area contributed by atoms with Gasteiger partial charge in [0.25, 0.3) is 5.56 Å². The molecule has 0 spiro atoms. The van der Waals surface area contributed by atoms with Crippen molar-refractivity contribution in [3.8, 4) is 0 Å². The van der Waals surface area contributed by atoms with Gasteiger partial charge in [-0.05, 0) is 17.7 Å². The number of benzene rings is 1. The maximum atomic E-state index is 12.1. The zero-order valence-electron chi connectivity index (χ0n) is 13.8. The van der Waals surface area contributed by atoms with E-state index < -0.39 is 17.4 Å². The van der Waals surface area contributed by atoms with Gasteiger partial charge < -0.3 is 19.9 Å². The number of nitrogens with two attached hydrogens (primary N) is 1. The summed E-state index contributed by atoms with van der Waals surface area (Å²) in [4.78, 5) is 28.2. The molecule has 26 heavy (non-hydrogen) atoms. The van der Waals surface area contributed by atoms with E-state index in [9.17, 15) is 14.7 Å². The van der Waals surface area contributed by atoms with Gasteiger partial charge in [0.1, 0.15) is 12.2 Å². The van der Waals surface area contributed by atoms with Crippen LogP contribution in [0.4, 0.5) is 5.69 Å². The number of nitrogens with zero attached hydrogens (tertiary/aromatic N) is 4. The van der Waals surface area contributed by atoms with E-state index in [1.54, 1.807) is 24.3 Å². The summed E-state index contributed by atoms with van der Waals surface area (Å²) in [6.45, 7) is -0.208. The second-order valence-electron chi connectivity index (χ2n) is 5.75. The van der Waals surface area contributed by atoms with Crippen LogP contribution < -0.4 is 17.0 Å². The Labute approximate surface area is 152 Å². The van der Waals surface area contributed by atoms with Gasteiger partial charge in [0.15, 0.2) is 5.82 Å². The molecule has 136 valence electrons. The quantitative estimate of drug-likeness (QED) is 0.661. The van der Waals surface area contributed by atoms with Crippen molar-refractivity contribution < 1.29 is 9.63 Å². The minimum absolute atomic E-state index is 0.0631. The van der Waals surface area contributed by atoms with Crippen LogP contribution in [0.25, 0.3) is 0 Å². The maximum Gasteiger partial charge on any atom is 0.331 e. The van der Waals surface area contributed by atoms with Crippen molar-refractivity contribution in [3.63, 3.8) is 0 Å². The number of hydrogen-bond donors (Lipinski definition) is 2. The average molecular weight is 378 g/mol. The molecule has 0 aliphatic rings. The van der Waals surface area contributed by atoms with Crippen LogP contribution in [0.3, 0.4) is 0 Å². The van der Waals surface area contributed by atoms with E-state index in [-0.39, 0.29) is 30.4 Å². The maximum absolute atomic E-state index is 12.1. The van der Waals surface area contributed by atoms with Crippen LogP contribution >= 0.6 is 11.6 Å². The summed E-state index contributed by atoms with van der Waals surface area (Å²) in [6.07, 6.45) is 0.512. The lowest BCUT2D eigenvalue weighted by Gasteiger charge is -2.08. The van der Waals surface area contributed by atoms with Gasteiger partial charge in [-0.25, -0.2) is 9.36 Å². The van der Waals surface area contributed by atoms with E-state index in [4.69, 9.17) is 21.9 Å². The minimum Gasteiger partial charge on any atom is -0.393 e. The van der Waals surface area contributed by atoms with Crippen molar-refractivity contribution in [3.05, 3.63) is 73.6 Å². The molecule has 0 saturated heterocycles. The first kappa shape index (κ1) is 17.9. The summed E-state index contributed by atoms with van der Waals surface area (Å²) in [6, 6.07) is 6.74. The van der Waals surface area contributed by atoms with Crippen molar-refractivity contribution in [1.82, 2.24) is 19.3 Å². The highest BCUT2D eigenvalue weighted by Gasteiger charge is 2.16. The smallest absolute Gasteiger partial charge is 0.331 e. The molecule has 1 aromatic carbocycles. The monoisotopic (exact) mass is 377 g/mol. The Kier molecular flexibility index (Phi) is 4.92. The van der Waals surface area contributed by atoms with Crippen LogP contribution in [0.5, 0.6) is 0 Å². The zero-order valence-corrected chi connectivity index (χ0v) is 14.6. The Morgan fingerprint density at radius 2 is 2.00 bits per heavy atom. The van der Waals surface area contributed by atoms with Crippen LogP contribution in [-0.2, 0) is 20.0 Å². The zero-order chi connectivity index (χ0) is 18.8. The highest BCUT2D eigenvalue weighted by molar-refractivity contribution is 6.30. The number of anilines is 1. The van der Waals surface area contributed by atoms with E-state index in [1.165, 1.54) is 17.8 Å². The summed E-state index contributed by atoms with van der Waals surface area (Å²) >= 11 is 5.82. The molecule has 0 bridgehead atoms. The van der Waals surface area contributed by atoms with Gasteiger partial charge in [0.05, 0.1) is 6.10 Å². The summed E-state index contributed by atoms with van der Waals surface area (Å²) in [5.41, 5.74) is 5.00. The predicted molar refractivity (Wildman–Crippen MR) is 93.9 cm³/mol. The van der Waals surface area contributed by atoms with Gasteiger partial charge in [-0.3, -0.25) is 4.79 Å². The molecule has 0 unspecified atom stereocenters. The Morgan fingerprint density at radius 3 is 2.69 bits per heavy atom. The number of aromatic nitrogens is 4. The molecule has 3 rings (SSSR count). The molecule has 9 nitrogen and oxygen atoms in total. The third-order valence-corrected chi connectivity index (χ3v) is 4.04. The second kappa shape index (κ2) is 7.14. The van der Waals surface area contributed by atoms with Crippen LogP contribution in [0, 0.1) is 0 Å². The Morgan fingerprint density at radius 1 is 1.31 bits per heavy atom. The molecule has 0 fully saturated rings. The molecule has 10 heteroatoms. The van der Waals surface area contributed by atoms with Crippen molar-refractivity contribution in [1.29, 1.82) is 0 Å². The van der Waals surface area contributed by atoms with Crippen LogP contribution in [0.15, 0.2) is 44.6 Å². The molecule has 0 aliphatic heterocycles. The van der Waals surface area contributed by atoms with E-state index in [2.05, 4.69) is 10.1 Å². The first-order chi connectivity index (χ1) is 12.3. The fraction of sp³-hybridized carbons (Fsp3) is 0.250. The number of aliphatic hydroxyl groups excluding tert-OH is 1. The molecule has 2 heterocycles. The lowest BCUT2D eigenvalue weighted by molar-refractivity contribution is 0.174. The van der Waals surface area contributed by atoms with Crippen LogP contribution in [0.2, 0.25) is 5.02 Å². The second-order valence-corrected chi connectivity index (χ2v) is 6.18.